The molecular weight excluding hydrogens is 174 g/mol. The number of ether oxygens (including phenoxy) is 1. The molecule has 14 heavy (non-hydrogen) atoms. The molecule has 1 N–H and O–H groups in total. The number of hydrogen-bond acceptors (Lipinski definition) is 2. The SMILES string of the molecule is COc1cccc2c1NC1CCC[C@@H]21. The lowest BCUT2D eigenvalue weighted by Gasteiger charge is -2.09. The summed E-state index contributed by atoms with van der Waals surface area (Å²) >= 11 is 0. The molecule has 2 aliphatic rings. The van der Waals surface area contributed by atoms with E-state index >= 15 is 0 Å². The van der Waals surface area contributed by atoms with E-state index < -0.39 is 0 Å². The predicted molar refractivity (Wildman–Crippen MR) is 57.0 cm³/mol. The molecule has 0 saturated heterocycles. The van der Waals surface area contributed by atoms with Crippen molar-refractivity contribution < 1.29 is 4.74 Å². The molecule has 1 aliphatic carbocycles. The van der Waals surface area contributed by atoms with Gasteiger partial charge in [-0.3, -0.25) is 0 Å². The number of hydrogen-bond donors (Lipinski definition) is 1. The molecular formula is C12H15NO. The first kappa shape index (κ1) is 8.16. The molecule has 1 heterocycles. The van der Waals surface area contributed by atoms with Crippen LogP contribution in [0.4, 0.5) is 5.69 Å². The average molecular weight is 189 g/mol. The molecule has 1 aromatic rings. The number of anilines is 1. The Kier molecular flexibility index (Phi) is 1.69. The quantitative estimate of drug-likeness (QED) is 0.733. The number of methoxy groups -OCH3 is 1. The van der Waals surface area contributed by atoms with Gasteiger partial charge in [-0.2, -0.15) is 0 Å². The molecule has 1 aliphatic heterocycles. The van der Waals surface area contributed by atoms with E-state index in [1.54, 1.807) is 7.11 Å². The van der Waals surface area contributed by atoms with Crippen molar-refractivity contribution >= 4 is 5.69 Å². The molecule has 1 fully saturated rings. The fourth-order valence-corrected chi connectivity index (χ4v) is 2.87. The Morgan fingerprint density at radius 1 is 1.36 bits per heavy atom. The summed E-state index contributed by atoms with van der Waals surface area (Å²) in [5.41, 5.74) is 2.71. The van der Waals surface area contributed by atoms with Crippen LogP contribution in [0, 0.1) is 0 Å². The minimum Gasteiger partial charge on any atom is -0.495 e. The topological polar surface area (TPSA) is 21.3 Å². The monoisotopic (exact) mass is 189 g/mol. The van der Waals surface area contributed by atoms with Crippen LogP contribution in [0.5, 0.6) is 5.75 Å². The zero-order valence-electron chi connectivity index (χ0n) is 8.42. The highest BCUT2D eigenvalue weighted by atomic mass is 16.5. The highest BCUT2D eigenvalue weighted by molar-refractivity contribution is 5.68. The lowest BCUT2D eigenvalue weighted by molar-refractivity contribution is 0.416. The van der Waals surface area contributed by atoms with Gasteiger partial charge in [0.25, 0.3) is 0 Å². The first-order valence-corrected chi connectivity index (χ1v) is 5.33. The lowest BCUT2D eigenvalue weighted by Crippen LogP contribution is -2.13. The zero-order valence-corrected chi connectivity index (χ0v) is 8.42. The van der Waals surface area contributed by atoms with E-state index in [0.29, 0.717) is 6.04 Å². The van der Waals surface area contributed by atoms with Crippen LogP contribution in [0.3, 0.4) is 0 Å². The molecule has 0 bridgehead atoms. The minimum absolute atomic E-state index is 0.668. The van der Waals surface area contributed by atoms with E-state index in [1.165, 1.54) is 30.5 Å². The Morgan fingerprint density at radius 2 is 2.29 bits per heavy atom. The predicted octanol–water partition coefficient (Wildman–Crippen LogP) is 2.76. The maximum Gasteiger partial charge on any atom is 0.142 e. The highest BCUT2D eigenvalue weighted by Gasteiger charge is 2.36. The summed E-state index contributed by atoms with van der Waals surface area (Å²) < 4.78 is 5.36. The number of rotatable bonds is 1. The van der Waals surface area contributed by atoms with Crippen molar-refractivity contribution in [3.63, 3.8) is 0 Å². The Bertz CT molecular complexity index is 361. The van der Waals surface area contributed by atoms with Gasteiger partial charge >= 0.3 is 0 Å². The van der Waals surface area contributed by atoms with Crippen molar-refractivity contribution in [2.75, 3.05) is 12.4 Å². The number of nitrogens with one attached hydrogen (secondary N) is 1. The maximum atomic E-state index is 5.36. The van der Waals surface area contributed by atoms with Crippen molar-refractivity contribution in [1.29, 1.82) is 0 Å². The van der Waals surface area contributed by atoms with Crippen LogP contribution >= 0.6 is 0 Å². The fourth-order valence-electron chi connectivity index (χ4n) is 2.87. The first-order chi connectivity index (χ1) is 6.90. The molecule has 2 heteroatoms. The maximum absolute atomic E-state index is 5.36. The van der Waals surface area contributed by atoms with Crippen LogP contribution in [-0.4, -0.2) is 13.2 Å². The summed E-state index contributed by atoms with van der Waals surface area (Å²) in [6, 6.07) is 7.04. The molecule has 1 saturated carbocycles. The summed E-state index contributed by atoms with van der Waals surface area (Å²) in [5.74, 6) is 1.73. The Morgan fingerprint density at radius 3 is 3.14 bits per heavy atom. The van der Waals surface area contributed by atoms with Gasteiger partial charge in [0.05, 0.1) is 12.8 Å². The van der Waals surface area contributed by atoms with Gasteiger partial charge in [0.15, 0.2) is 0 Å². The Labute approximate surface area is 84.3 Å². The van der Waals surface area contributed by atoms with E-state index in [1.807, 2.05) is 6.07 Å². The fraction of sp³-hybridized carbons (Fsp3) is 0.500. The molecule has 1 unspecified atom stereocenters. The van der Waals surface area contributed by atoms with Gasteiger partial charge in [0.2, 0.25) is 0 Å². The Hall–Kier alpha value is -1.18. The van der Waals surface area contributed by atoms with Gasteiger partial charge in [-0.05, 0) is 24.5 Å². The van der Waals surface area contributed by atoms with Crippen LogP contribution in [0.2, 0.25) is 0 Å². The number of benzene rings is 1. The molecule has 0 radical (unpaired) electrons. The zero-order chi connectivity index (χ0) is 9.54. The van der Waals surface area contributed by atoms with Crippen molar-refractivity contribution in [3.05, 3.63) is 23.8 Å². The molecule has 1 aromatic carbocycles. The second-order valence-electron chi connectivity index (χ2n) is 4.21. The summed E-state index contributed by atoms with van der Waals surface area (Å²) in [6.45, 7) is 0. The number of para-hydroxylation sites is 1. The average Bonchev–Trinajstić information content (AvgIpc) is 2.76. The van der Waals surface area contributed by atoms with E-state index in [4.69, 9.17) is 4.74 Å². The van der Waals surface area contributed by atoms with Crippen LogP contribution in [0.25, 0.3) is 0 Å². The second kappa shape index (κ2) is 2.91. The van der Waals surface area contributed by atoms with Gasteiger partial charge in [0.1, 0.15) is 5.75 Å². The highest BCUT2D eigenvalue weighted by Crippen LogP contribution is 2.48. The molecule has 0 amide bonds. The summed E-state index contributed by atoms with van der Waals surface area (Å²) in [6.07, 6.45) is 4.00. The largest absolute Gasteiger partial charge is 0.495 e. The minimum atomic E-state index is 0.668. The van der Waals surface area contributed by atoms with Crippen LogP contribution in [-0.2, 0) is 0 Å². The molecule has 2 atom stereocenters. The smallest absolute Gasteiger partial charge is 0.142 e. The first-order valence-electron chi connectivity index (χ1n) is 5.33. The van der Waals surface area contributed by atoms with E-state index in [2.05, 4.69) is 17.4 Å². The van der Waals surface area contributed by atoms with E-state index in [9.17, 15) is 0 Å². The van der Waals surface area contributed by atoms with Crippen LogP contribution in [0.1, 0.15) is 30.7 Å². The van der Waals surface area contributed by atoms with E-state index in [0.717, 1.165) is 11.7 Å². The van der Waals surface area contributed by atoms with Gasteiger partial charge in [0, 0.05) is 12.0 Å². The van der Waals surface area contributed by atoms with Crippen molar-refractivity contribution in [2.45, 2.75) is 31.2 Å². The molecule has 0 aromatic heterocycles. The third kappa shape index (κ3) is 0.969. The van der Waals surface area contributed by atoms with Crippen LogP contribution in [0.15, 0.2) is 18.2 Å². The number of fused-ring (bicyclic) bond motifs is 3. The summed E-state index contributed by atoms with van der Waals surface area (Å²) in [4.78, 5) is 0. The summed E-state index contributed by atoms with van der Waals surface area (Å²) in [7, 11) is 1.74. The molecule has 3 rings (SSSR count). The van der Waals surface area contributed by atoms with Gasteiger partial charge in [-0.25, -0.2) is 0 Å². The van der Waals surface area contributed by atoms with Gasteiger partial charge < -0.3 is 10.1 Å². The second-order valence-corrected chi connectivity index (χ2v) is 4.21. The molecule has 0 spiro atoms. The Balaban J connectivity index is 2.08. The molecule has 2 nitrogen and oxygen atoms in total. The third-order valence-corrected chi connectivity index (χ3v) is 3.52. The third-order valence-electron chi connectivity index (χ3n) is 3.52. The summed E-state index contributed by atoms with van der Waals surface area (Å²) in [5, 5.41) is 3.59. The van der Waals surface area contributed by atoms with Crippen molar-refractivity contribution in [3.8, 4) is 5.75 Å². The van der Waals surface area contributed by atoms with Crippen molar-refractivity contribution in [1.82, 2.24) is 0 Å². The standard InChI is InChI=1S/C12H15NO/c1-14-11-7-3-5-9-8-4-2-6-10(8)13-12(9)11/h3,5,7-8,10,13H,2,4,6H2,1H3/t8-,10?/m0/s1. The van der Waals surface area contributed by atoms with Crippen LogP contribution < -0.4 is 10.1 Å². The lowest BCUT2D eigenvalue weighted by atomic mass is 9.97. The van der Waals surface area contributed by atoms with E-state index in [-0.39, 0.29) is 0 Å². The normalized spacial score (nSPS) is 28.1. The van der Waals surface area contributed by atoms with Gasteiger partial charge in [-0.15, -0.1) is 0 Å². The molecule has 74 valence electrons. The van der Waals surface area contributed by atoms with Gasteiger partial charge in [-0.1, -0.05) is 18.6 Å². The van der Waals surface area contributed by atoms with Crippen molar-refractivity contribution in [2.24, 2.45) is 0 Å².